The molecule has 1 saturated heterocycles. The summed E-state index contributed by atoms with van der Waals surface area (Å²) in [5, 5.41) is 0. The summed E-state index contributed by atoms with van der Waals surface area (Å²) in [6.45, 7) is 2.44. The molecule has 1 aromatic carbocycles. The highest BCUT2D eigenvalue weighted by Crippen LogP contribution is 2.20. The quantitative estimate of drug-likeness (QED) is 0.873. The molecule has 104 valence electrons. The Balaban J connectivity index is 1.90. The van der Waals surface area contributed by atoms with E-state index in [-0.39, 0.29) is 5.91 Å². The fourth-order valence-electron chi connectivity index (χ4n) is 2.60. The van der Waals surface area contributed by atoms with Gasteiger partial charge in [0.25, 0.3) is 0 Å². The van der Waals surface area contributed by atoms with Gasteiger partial charge in [0, 0.05) is 13.1 Å². The Hall–Kier alpha value is -1.55. The highest BCUT2D eigenvalue weighted by atomic mass is 16.5. The zero-order valence-corrected chi connectivity index (χ0v) is 11.5. The van der Waals surface area contributed by atoms with Crippen LogP contribution in [0.4, 0.5) is 0 Å². The summed E-state index contributed by atoms with van der Waals surface area (Å²) in [5.41, 5.74) is 6.57. The average Bonchev–Trinajstić information content (AvgIpc) is 2.88. The maximum atomic E-state index is 12.2. The SMILES string of the molecule is COc1cccc(CC(=O)N2CCC(CCN)C2)c1. The van der Waals surface area contributed by atoms with Crippen LogP contribution < -0.4 is 10.5 Å². The largest absolute Gasteiger partial charge is 0.497 e. The summed E-state index contributed by atoms with van der Waals surface area (Å²) in [5.74, 6) is 1.58. The molecule has 1 atom stereocenters. The van der Waals surface area contributed by atoms with Crippen LogP contribution in [0.25, 0.3) is 0 Å². The maximum absolute atomic E-state index is 12.2. The standard InChI is InChI=1S/C15H22N2O2/c1-19-14-4-2-3-13(9-14)10-15(18)17-8-6-12(11-17)5-7-16/h2-4,9,12H,5-8,10-11,16H2,1H3. The average molecular weight is 262 g/mol. The van der Waals surface area contributed by atoms with E-state index in [1.807, 2.05) is 29.2 Å². The lowest BCUT2D eigenvalue weighted by atomic mass is 10.1. The fraction of sp³-hybridized carbons (Fsp3) is 0.533. The maximum Gasteiger partial charge on any atom is 0.227 e. The van der Waals surface area contributed by atoms with E-state index >= 15 is 0 Å². The van der Waals surface area contributed by atoms with E-state index in [4.69, 9.17) is 10.5 Å². The van der Waals surface area contributed by atoms with Gasteiger partial charge in [-0.25, -0.2) is 0 Å². The molecule has 0 aliphatic carbocycles. The lowest BCUT2D eigenvalue weighted by Gasteiger charge is -2.16. The Morgan fingerprint density at radius 1 is 1.53 bits per heavy atom. The number of carbonyl (C=O) groups excluding carboxylic acids is 1. The highest BCUT2D eigenvalue weighted by Gasteiger charge is 2.25. The summed E-state index contributed by atoms with van der Waals surface area (Å²) >= 11 is 0. The Morgan fingerprint density at radius 2 is 2.37 bits per heavy atom. The van der Waals surface area contributed by atoms with E-state index < -0.39 is 0 Å². The molecule has 1 unspecified atom stereocenters. The van der Waals surface area contributed by atoms with Gasteiger partial charge in [-0.2, -0.15) is 0 Å². The predicted octanol–water partition coefficient (Wildman–Crippen LogP) is 1.43. The molecule has 0 saturated carbocycles. The van der Waals surface area contributed by atoms with Gasteiger partial charge >= 0.3 is 0 Å². The molecule has 4 heteroatoms. The van der Waals surface area contributed by atoms with Crippen molar-refractivity contribution in [3.8, 4) is 5.75 Å². The Morgan fingerprint density at radius 3 is 3.11 bits per heavy atom. The molecule has 0 bridgehead atoms. The molecule has 0 aromatic heterocycles. The third-order valence-corrected chi connectivity index (χ3v) is 3.70. The molecule has 0 radical (unpaired) electrons. The van der Waals surface area contributed by atoms with Crippen LogP contribution in [-0.2, 0) is 11.2 Å². The monoisotopic (exact) mass is 262 g/mol. The van der Waals surface area contributed by atoms with Gasteiger partial charge in [0.2, 0.25) is 5.91 Å². The molecule has 1 aliphatic heterocycles. The van der Waals surface area contributed by atoms with Crippen LogP contribution in [0.3, 0.4) is 0 Å². The second kappa shape index (κ2) is 6.57. The first-order chi connectivity index (χ1) is 9.22. The minimum absolute atomic E-state index is 0.202. The van der Waals surface area contributed by atoms with Crippen molar-refractivity contribution in [2.45, 2.75) is 19.3 Å². The Labute approximate surface area is 114 Å². The molecule has 1 heterocycles. The third-order valence-electron chi connectivity index (χ3n) is 3.70. The predicted molar refractivity (Wildman–Crippen MR) is 75.1 cm³/mol. The summed E-state index contributed by atoms with van der Waals surface area (Å²) in [4.78, 5) is 14.2. The number of ether oxygens (including phenoxy) is 1. The first-order valence-electron chi connectivity index (χ1n) is 6.83. The zero-order chi connectivity index (χ0) is 13.7. The van der Waals surface area contributed by atoms with Crippen LogP contribution >= 0.6 is 0 Å². The molecule has 2 N–H and O–H groups in total. The van der Waals surface area contributed by atoms with E-state index in [1.165, 1.54) is 0 Å². The van der Waals surface area contributed by atoms with E-state index in [9.17, 15) is 4.79 Å². The van der Waals surface area contributed by atoms with Crippen molar-refractivity contribution in [1.29, 1.82) is 0 Å². The van der Waals surface area contributed by atoms with Crippen molar-refractivity contribution in [3.63, 3.8) is 0 Å². The molecule has 1 fully saturated rings. The van der Waals surface area contributed by atoms with Crippen molar-refractivity contribution in [2.24, 2.45) is 11.7 Å². The van der Waals surface area contributed by atoms with Crippen LogP contribution in [-0.4, -0.2) is 37.6 Å². The van der Waals surface area contributed by atoms with Crippen molar-refractivity contribution in [2.75, 3.05) is 26.7 Å². The summed E-state index contributed by atoms with van der Waals surface area (Å²) in [6.07, 6.45) is 2.55. The van der Waals surface area contributed by atoms with Gasteiger partial charge in [0.05, 0.1) is 13.5 Å². The van der Waals surface area contributed by atoms with E-state index in [0.717, 1.165) is 37.2 Å². The third kappa shape index (κ3) is 3.70. The van der Waals surface area contributed by atoms with E-state index in [2.05, 4.69) is 0 Å². The van der Waals surface area contributed by atoms with E-state index in [1.54, 1.807) is 7.11 Å². The van der Waals surface area contributed by atoms with Crippen molar-refractivity contribution >= 4 is 5.91 Å². The molecule has 2 rings (SSSR count). The fourth-order valence-corrected chi connectivity index (χ4v) is 2.60. The first-order valence-corrected chi connectivity index (χ1v) is 6.83. The molecular weight excluding hydrogens is 240 g/mol. The number of methoxy groups -OCH3 is 1. The number of nitrogens with zero attached hydrogens (tertiary/aromatic N) is 1. The molecule has 1 amide bonds. The Kier molecular flexibility index (Phi) is 4.80. The number of likely N-dealkylation sites (tertiary alicyclic amines) is 1. The lowest BCUT2D eigenvalue weighted by Crippen LogP contribution is -2.30. The Bertz CT molecular complexity index is 434. The summed E-state index contributed by atoms with van der Waals surface area (Å²) in [7, 11) is 1.64. The number of hydrogen-bond acceptors (Lipinski definition) is 3. The second-order valence-electron chi connectivity index (χ2n) is 5.10. The lowest BCUT2D eigenvalue weighted by molar-refractivity contribution is -0.129. The topological polar surface area (TPSA) is 55.6 Å². The number of amides is 1. The number of hydrogen-bond donors (Lipinski definition) is 1. The van der Waals surface area contributed by atoms with Gasteiger partial charge in [0.1, 0.15) is 5.75 Å². The molecule has 19 heavy (non-hydrogen) atoms. The highest BCUT2D eigenvalue weighted by molar-refractivity contribution is 5.79. The van der Waals surface area contributed by atoms with Gasteiger partial charge in [-0.15, -0.1) is 0 Å². The van der Waals surface area contributed by atoms with Gasteiger partial charge in [-0.3, -0.25) is 4.79 Å². The van der Waals surface area contributed by atoms with Crippen molar-refractivity contribution < 1.29 is 9.53 Å². The van der Waals surface area contributed by atoms with Gasteiger partial charge in [0.15, 0.2) is 0 Å². The number of nitrogens with two attached hydrogens (primary N) is 1. The van der Waals surface area contributed by atoms with Gasteiger partial charge in [-0.05, 0) is 43.0 Å². The number of benzene rings is 1. The number of carbonyl (C=O) groups is 1. The normalized spacial score (nSPS) is 18.6. The summed E-state index contributed by atoms with van der Waals surface area (Å²) < 4.78 is 5.17. The van der Waals surface area contributed by atoms with Crippen molar-refractivity contribution in [3.05, 3.63) is 29.8 Å². The van der Waals surface area contributed by atoms with Crippen LogP contribution in [0.5, 0.6) is 5.75 Å². The minimum Gasteiger partial charge on any atom is -0.497 e. The number of rotatable bonds is 5. The second-order valence-corrected chi connectivity index (χ2v) is 5.10. The van der Waals surface area contributed by atoms with Crippen LogP contribution in [0.15, 0.2) is 24.3 Å². The van der Waals surface area contributed by atoms with E-state index in [0.29, 0.717) is 18.9 Å². The molecule has 0 spiro atoms. The summed E-state index contributed by atoms with van der Waals surface area (Å²) in [6, 6.07) is 7.70. The van der Waals surface area contributed by atoms with Crippen molar-refractivity contribution in [1.82, 2.24) is 4.90 Å². The molecule has 1 aliphatic rings. The minimum atomic E-state index is 0.202. The van der Waals surface area contributed by atoms with Gasteiger partial charge < -0.3 is 15.4 Å². The van der Waals surface area contributed by atoms with Crippen LogP contribution in [0.1, 0.15) is 18.4 Å². The van der Waals surface area contributed by atoms with Crippen LogP contribution in [0, 0.1) is 5.92 Å². The first kappa shape index (κ1) is 13.9. The zero-order valence-electron chi connectivity index (χ0n) is 11.5. The van der Waals surface area contributed by atoms with Crippen LogP contribution in [0.2, 0.25) is 0 Å². The smallest absolute Gasteiger partial charge is 0.227 e. The van der Waals surface area contributed by atoms with Gasteiger partial charge in [-0.1, -0.05) is 12.1 Å². The molecule has 4 nitrogen and oxygen atoms in total. The molecular formula is C15H22N2O2. The molecule has 1 aromatic rings.